The summed E-state index contributed by atoms with van der Waals surface area (Å²) >= 11 is 5.73. The molecule has 0 spiro atoms. The van der Waals surface area contributed by atoms with Crippen LogP contribution in [0.2, 0.25) is 5.15 Å². The van der Waals surface area contributed by atoms with Gasteiger partial charge in [0.2, 0.25) is 0 Å². The highest BCUT2D eigenvalue weighted by molar-refractivity contribution is 6.29. The molecule has 0 amide bonds. The number of nitrogens with zero attached hydrogens (tertiary/aromatic N) is 1. The van der Waals surface area contributed by atoms with E-state index in [1.807, 2.05) is 0 Å². The van der Waals surface area contributed by atoms with E-state index in [4.69, 9.17) is 16.3 Å². The van der Waals surface area contributed by atoms with Crippen LogP contribution in [-0.4, -0.2) is 30.6 Å². The zero-order valence-electron chi connectivity index (χ0n) is 13.7. The van der Waals surface area contributed by atoms with E-state index in [1.54, 1.807) is 39.1 Å². The molecule has 0 radical (unpaired) electrons. The molecule has 7 heteroatoms. The second-order valence-corrected chi connectivity index (χ2v) is 6.25. The van der Waals surface area contributed by atoms with Crippen LogP contribution in [0.15, 0.2) is 30.1 Å². The molecule has 1 rings (SSSR count). The van der Waals surface area contributed by atoms with E-state index < -0.39 is 11.4 Å². The first kappa shape index (κ1) is 19.0. The molecule has 0 aliphatic rings. The largest absolute Gasteiger partial charge is 0.466 e. The van der Waals surface area contributed by atoms with Gasteiger partial charge in [0.25, 0.3) is 0 Å². The van der Waals surface area contributed by atoms with Crippen molar-refractivity contribution in [1.82, 2.24) is 10.3 Å². The third kappa shape index (κ3) is 7.15. The molecule has 1 aromatic rings. The number of hydrogen-bond donors (Lipinski definition) is 1. The number of pyridine rings is 1. The second-order valence-electron chi connectivity index (χ2n) is 5.86. The molecule has 1 aromatic heterocycles. The Kier molecular flexibility index (Phi) is 7.03. The number of ether oxygens (including phenoxy) is 2. The molecule has 0 aromatic carbocycles. The van der Waals surface area contributed by atoms with Crippen molar-refractivity contribution in [1.29, 1.82) is 0 Å². The summed E-state index contributed by atoms with van der Waals surface area (Å²) in [4.78, 5) is 27.2. The summed E-state index contributed by atoms with van der Waals surface area (Å²) in [6.07, 6.45) is 2.87. The fraction of sp³-hybridized carbons (Fsp3) is 0.438. The average molecular weight is 341 g/mol. The van der Waals surface area contributed by atoms with Crippen LogP contribution in [-0.2, 0) is 25.6 Å². The Hall–Kier alpha value is -2.08. The van der Waals surface area contributed by atoms with E-state index in [0.29, 0.717) is 17.4 Å². The standard InChI is InChI=1S/C16H21ClN2O4/c1-16(2,3)15(21)23-10-12(7-14(20)22-4)18-8-11-5-6-13(17)19-9-11/h5-7,9,18H,8,10H2,1-4H3/b12-7+. The monoisotopic (exact) mass is 340 g/mol. The molecule has 1 heterocycles. The van der Waals surface area contributed by atoms with Gasteiger partial charge in [0, 0.05) is 18.8 Å². The van der Waals surface area contributed by atoms with Gasteiger partial charge in [-0.3, -0.25) is 4.79 Å². The van der Waals surface area contributed by atoms with Crippen molar-refractivity contribution in [2.45, 2.75) is 27.3 Å². The number of carbonyl (C=O) groups excluding carboxylic acids is 2. The Labute approximate surface area is 140 Å². The summed E-state index contributed by atoms with van der Waals surface area (Å²) in [5.74, 6) is -0.892. The van der Waals surface area contributed by atoms with Crippen LogP contribution in [0, 0.1) is 5.41 Å². The van der Waals surface area contributed by atoms with Crippen LogP contribution in [0.5, 0.6) is 0 Å². The second kappa shape index (κ2) is 8.53. The first-order chi connectivity index (χ1) is 10.7. The van der Waals surface area contributed by atoms with E-state index >= 15 is 0 Å². The van der Waals surface area contributed by atoms with Gasteiger partial charge in [-0.25, -0.2) is 9.78 Å². The summed E-state index contributed by atoms with van der Waals surface area (Å²) in [5, 5.41) is 3.43. The maximum absolute atomic E-state index is 11.8. The third-order valence-corrected chi connectivity index (χ3v) is 3.00. The molecular formula is C16H21ClN2O4. The summed E-state index contributed by atoms with van der Waals surface area (Å²) in [6.45, 7) is 5.62. The lowest BCUT2D eigenvalue weighted by Gasteiger charge is -2.18. The lowest BCUT2D eigenvalue weighted by atomic mass is 9.97. The van der Waals surface area contributed by atoms with Crippen molar-refractivity contribution < 1.29 is 19.1 Å². The minimum absolute atomic E-state index is 0.0494. The molecule has 0 aliphatic heterocycles. The van der Waals surface area contributed by atoms with Crippen molar-refractivity contribution in [3.05, 3.63) is 40.8 Å². The Bertz CT molecular complexity index is 577. The van der Waals surface area contributed by atoms with Crippen LogP contribution in [0.4, 0.5) is 0 Å². The molecular weight excluding hydrogens is 320 g/mol. The molecule has 0 unspecified atom stereocenters. The lowest BCUT2D eigenvalue weighted by Crippen LogP contribution is -2.27. The van der Waals surface area contributed by atoms with Gasteiger partial charge in [-0.1, -0.05) is 17.7 Å². The Balaban J connectivity index is 2.69. The first-order valence-electron chi connectivity index (χ1n) is 7.02. The minimum atomic E-state index is -0.615. The van der Waals surface area contributed by atoms with Crippen LogP contribution in [0.3, 0.4) is 0 Å². The highest BCUT2D eigenvalue weighted by Crippen LogP contribution is 2.15. The van der Waals surface area contributed by atoms with Gasteiger partial charge in [0.1, 0.15) is 11.8 Å². The van der Waals surface area contributed by atoms with Gasteiger partial charge in [-0.05, 0) is 32.4 Å². The molecule has 0 aliphatic carbocycles. The smallest absolute Gasteiger partial charge is 0.332 e. The van der Waals surface area contributed by atoms with E-state index in [0.717, 1.165) is 5.56 Å². The molecule has 6 nitrogen and oxygen atoms in total. The van der Waals surface area contributed by atoms with E-state index in [2.05, 4.69) is 15.0 Å². The lowest BCUT2D eigenvalue weighted by molar-refractivity contribution is -0.152. The quantitative estimate of drug-likeness (QED) is 0.487. The van der Waals surface area contributed by atoms with E-state index in [1.165, 1.54) is 13.2 Å². The van der Waals surface area contributed by atoms with Crippen LogP contribution in [0.25, 0.3) is 0 Å². The average Bonchev–Trinajstić information content (AvgIpc) is 2.49. The number of aromatic nitrogens is 1. The van der Waals surface area contributed by atoms with E-state index in [9.17, 15) is 9.59 Å². The van der Waals surface area contributed by atoms with Gasteiger partial charge in [0.15, 0.2) is 0 Å². The highest BCUT2D eigenvalue weighted by Gasteiger charge is 2.23. The Morgan fingerprint density at radius 1 is 1.35 bits per heavy atom. The zero-order valence-corrected chi connectivity index (χ0v) is 14.4. The molecule has 0 atom stereocenters. The highest BCUT2D eigenvalue weighted by atomic mass is 35.5. The number of carbonyl (C=O) groups is 2. The molecule has 0 fully saturated rings. The number of nitrogens with one attached hydrogen (secondary N) is 1. The van der Waals surface area contributed by atoms with Gasteiger partial charge < -0.3 is 14.8 Å². The van der Waals surface area contributed by atoms with Crippen molar-refractivity contribution in [3.63, 3.8) is 0 Å². The number of rotatable bonds is 6. The van der Waals surface area contributed by atoms with Gasteiger partial charge >= 0.3 is 11.9 Å². The van der Waals surface area contributed by atoms with Crippen LogP contribution < -0.4 is 5.32 Å². The Morgan fingerprint density at radius 3 is 2.57 bits per heavy atom. The van der Waals surface area contributed by atoms with Gasteiger partial charge in [0.05, 0.1) is 18.2 Å². The summed E-state index contributed by atoms with van der Waals surface area (Å²) in [7, 11) is 1.28. The summed E-state index contributed by atoms with van der Waals surface area (Å²) in [5.41, 5.74) is 0.688. The fourth-order valence-electron chi connectivity index (χ4n) is 1.43. The van der Waals surface area contributed by atoms with Crippen molar-refractivity contribution in [2.24, 2.45) is 5.41 Å². The number of hydrogen-bond acceptors (Lipinski definition) is 6. The molecule has 1 N–H and O–H groups in total. The number of halogens is 1. The predicted molar refractivity (Wildman–Crippen MR) is 86.6 cm³/mol. The number of methoxy groups -OCH3 is 1. The van der Waals surface area contributed by atoms with Crippen molar-refractivity contribution in [2.75, 3.05) is 13.7 Å². The van der Waals surface area contributed by atoms with E-state index in [-0.39, 0.29) is 12.6 Å². The maximum Gasteiger partial charge on any atom is 0.332 e. The van der Waals surface area contributed by atoms with Crippen LogP contribution >= 0.6 is 11.6 Å². The minimum Gasteiger partial charge on any atom is -0.466 e. The van der Waals surface area contributed by atoms with Gasteiger partial charge in [-0.15, -0.1) is 0 Å². The molecule has 0 saturated carbocycles. The predicted octanol–water partition coefficient (Wildman–Crippen LogP) is 2.47. The molecule has 126 valence electrons. The van der Waals surface area contributed by atoms with Gasteiger partial charge in [-0.2, -0.15) is 0 Å². The topological polar surface area (TPSA) is 77.5 Å². The third-order valence-electron chi connectivity index (χ3n) is 2.77. The Morgan fingerprint density at radius 2 is 2.04 bits per heavy atom. The normalized spacial score (nSPS) is 11.8. The number of esters is 2. The molecule has 0 saturated heterocycles. The fourth-order valence-corrected chi connectivity index (χ4v) is 1.54. The summed E-state index contributed by atoms with van der Waals surface area (Å²) in [6, 6.07) is 3.47. The molecule has 0 bridgehead atoms. The van der Waals surface area contributed by atoms with Crippen molar-refractivity contribution >= 4 is 23.5 Å². The van der Waals surface area contributed by atoms with Crippen molar-refractivity contribution in [3.8, 4) is 0 Å². The van der Waals surface area contributed by atoms with Crippen LogP contribution in [0.1, 0.15) is 26.3 Å². The molecule has 23 heavy (non-hydrogen) atoms. The maximum atomic E-state index is 11.8. The first-order valence-corrected chi connectivity index (χ1v) is 7.40. The SMILES string of the molecule is COC(=O)/C=C(\COC(=O)C(C)(C)C)NCc1ccc(Cl)nc1. The summed E-state index contributed by atoms with van der Waals surface area (Å²) < 4.78 is 9.80. The zero-order chi connectivity index (χ0) is 17.5.